The lowest BCUT2D eigenvalue weighted by Crippen LogP contribution is -2.53. The molecular weight excluding hydrogens is 421 g/mol. The minimum absolute atomic E-state index is 0.103. The molecule has 5 nitrogen and oxygen atoms in total. The number of esters is 1. The highest BCUT2D eigenvalue weighted by atomic mass is 19.4. The second-order valence-electron chi connectivity index (χ2n) is 9.77. The van der Waals surface area contributed by atoms with Gasteiger partial charge in [0, 0.05) is 29.5 Å². The zero-order valence-electron chi connectivity index (χ0n) is 18.4. The number of halogens is 3. The maximum absolute atomic E-state index is 14.2. The molecule has 0 radical (unpaired) electrons. The molecule has 0 spiro atoms. The maximum atomic E-state index is 14.2. The van der Waals surface area contributed by atoms with E-state index in [1.165, 1.54) is 16.8 Å². The molecule has 3 aliphatic rings. The summed E-state index contributed by atoms with van der Waals surface area (Å²) in [5.41, 5.74) is -1.53. The van der Waals surface area contributed by atoms with E-state index >= 15 is 0 Å². The Labute approximate surface area is 184 Å². The fourth-order valence-electron chi connectivity index (χ4n) is 5.21. The molecule has 0 amide bonds. The third-order valence-electron chi connectivity index (χ3n) is 6.31. The molecule has 1 aromatic rings. The Bertz CT molecular complexity index is 1040. The van der Waals surface area contributed by atoms with Gasteiger partial charge in [0.2, 0.25) is 0 Å². The number of fused-ring (bicyclic) bond motifs is 3. The third kappa shape index (κ3) is 3.74. The Balaban J connectivity index is 1.69. The fourth-order valence-corrected chi connectivity index (χ4v) is 5.21. The molecule has 0 saturated heterocycles. The largest absolute Gasteiger partial charge is 0.459 e. The van der Waals surface area contributed by atoms with Crippen molar-refractivity contribution in [1.82, 2.24) is 9.78 Å². The van der Waals surface area contributed by atoms with E-state index in [-0.39, 0.29) is 6.54 Å². The number of nitrogens with zero attached hydrogens (tertiary/aromatic N) is 2. The molecule has 0 aliphatic heterocycles. The van der Waals surface area contributed by atoms with Crippen LogP contribution < -0.4 is 0 Å². The Hall–Kier alpha value is -2.61. The summed E-state index contributed by atoms with van der Waals surface area (Å²) in [5.74, 6) is -3.74. The maximum Gasteiger partial charge on any atom is 0.418 e. The Morgan fingerprint density at radius 3 is 2.56 bits per heavy atom. The van der Waals surface area contributed by atoms with Crippen LogP contribution in [0.4, 0.5) is 13.2 Å². The molecule has 4 rings (SSSR count). The van der Waals surface area contributed by atoms with E-state index in [1.807, 2.05) is 6.08 Å². The van der Waals surface area contributed by atoms with Crippen molar-refractivity contribution in [3.63, 3.8) is 0 Å². The van der Waals surface area contributed by atoms with Gasteiger partial charge in [-0.1, -0.05) is 42.0 Å². The van der Waals surface area contributed by atoms with E-state index < -0.39 is 47.0 Å². The molecule has 0 bridgehead atoms. The van der Waals surface area contributed by atoms with Crippen LogP contribution in [-0.4, -0.2) is 38.2 Å². The normalized spacial score (nSPS) is 31.6. The first-order valence-corrected chi connectivity index (χ1v) is 10.6. The summed E-state index contributed by atoms with van der Waals surface area (Å²) in [4.78, 5) is 12.2. The van der Waals surface area contributed by atoms with E-state index in [9.17, 15) is 23.1 Å². The number of ether oxygens (including phenoxy) is 1. The molecule has 1 heterocycles. The Morgan fingerprint density at radius 2 is 1.91 bits per heavy atom. The SMILES string of the molecule is CC1=CC2C(C(c3cnn(CC(=O)OC(C)(C)C)c3)=C1)C1C=CC=CC1C2(O)C(F)(F)F. The van der Waals surface area contributed by atoms with Crippen molar-refractivity contribution in [3.05, 3.63) is 60.0 Å². The number of carbonyl (C=O) groups excluding carboxylic acids is 1. The first-order chi connectivity index (χ1) is 14.8. The smallest absolute Gasteiger partial charge is 0.418 e. The van der Waals surface area contributed by atoms with Crippen molar-refractivity contribution < 1.29 is 27.8 Å². The second kappa shape index (κ2) is 7.47. The van der Waals surface area contributed by atoms with E-state index in [1.54, 1.807) is 58.3 Å². The molecule has 3 aliphatic carbocycles. The molecule has 1 saturated carbocycles. The van der Waals surface area contributed by atoms with Crippen LogP contribution in [0.1, 0.15) is 33.3 Å². The molecule has 32 heavy (non-hydrogen) atoms. The number of carbonyl (C=O) groups is 1. The topological polar surface area (TPSA) is 64.4 Å². The number of allylic oxidation sites excluding steroid dienone is 6. The fraction of sp³-hybridized carbons (Fsp3) is 0.500. The van der Waals surface area contributed by atoms with Crippen LogP contribution in [0.25, 0.3) is 5.57 Å². The van der Waals surface area contributed by atoms with Crippen LogP contribution in [0.2, 0.25) is 0 Å². The minimum atomic E-state index is -4.79. The van der Waals surface area contributed by atoms with Crippen LogP contribution in [0.15, 0.2) is 54.4 Å². The number of alkyl halides is 3. The zero-order chi connectivity index (χ0) is 23.5. The third-order valence-corrected chi connectivity index (χ3v) is 6.31. The van der Waals surface area contributed by atoms with E-state index in [0.717, 1.165) is 0 Å². The van der Waals surface area contributed by atoms with E-state index in [4.69, 9.17) is 4.74 Å². The molecule has 8 heteroatoms. The van der Waals surface area contributed by atoms with Gasteiger partial charge in [-0.3, -0.25) is 9.48 Å². The molecule has 5 atom stereocenters. The van der Waals surface area contributed by atoms with Gasteiger partial charge in [-0.15, -0.1) is 0 Å². The summed E-state index contributed by atoms with van der Waals surface area (Å²) in [5, 5.41) is 15.3. The molecule has 1 fully saturated rings. The van der Waals surface area contributed by atoms with Crippen molar-refractivity contribution in [2.24, 2.45) is 23.7 Å². The lowest BCUT2D eigenvalue weighted by atomic mass is 9.73. The highest BCUT2D eigenvalue weighted by molar-refractivity contribution is 5.74. The van der Waals surface area contributed by atoms with Gasteiger partial charge in [0.1, 0.15) is 12.1 Å². The summed E-state index contributed by atoms with van der Waals surface area (Å²) in [6.07, 6.45) is 8.30. The van der Waals surface area contributed by atoms with Crippen molar-refractivity contribution in [1.29, 1.82) is 0 Å². The van der Waals surface area contributed by atoms with Crippen molar-refractivity contribution >= 4 is 11.5 Å². The van der Waals surface area contributed by atoms with Gasteiger partial charge in [0.25, 0.3) is 0 Å². The number of rotatable bonds is 3. The summed E-state index contributed by atoms with van der Waals surface area (Å²) in [6.45, 7) is 6.93. The number of aliphatic hydroxyl groups is 1. The van der Waals surface area contributed by atoms with Gasteiger partial charge in [0.15, 0.2) is 5.60 Å². The number of hydrogen-bond donors (Lipinski definition) is 1. The Morgan fingerprint density at radius 1 is 1.22 bits per heavy atom. The van der Waals surface area contributed by atoms with Gasteiger partial charge >= 0.3 is 12.1 Å². The average Bonchev–Trinajstić information content (AvgIpc) is 3.22. The van der Waals surface area contributed by atoms with Gasteiger partial charge in [0.05, 0.1) is 6.20 Å². The van der Waals surface area contributed by atoms with Crippen molar-refractivity contribution in [2.75, 3.05) is 0 Å². The summed E-state index contributed by atoms with van der Waals surface area (Å²) >= 11 is 0. The van der Waals surface area contributed by atoms with Crippen LogP contribution in [0.3, 0.4) is 0 Å². The highest BCUT2D eigenvalue weighted by Gasteiger charge is 2.70. The van der Waals surface area contributed by atoms with Crippen molar-refractivity contribution in [3.8, 4) is 0 Å². The highest BCUT2D eigenvalue weighted by Crippen LogP contribution is 2.62. The standard InChI is InChI=1S/C24H27F3N2O3/c1-14-9-17(15-11-28-29(12-15)13-20(30)32-22(2,3)4)21-16-7-5-6-8-18(16)23(31,19(21)10-14)24(25,26)27/h5-12,16,18-19,21,31H,13H2,1-4H3. The van der Waals surface area contributed by atoms with Gasteiger partial charge in [-0.2, -0.15) is 18.3 Å². The molecule has 172 valence electrons. The van der Waals surface area contributed by atoms with Gasteiger partial charge in [-0.25, -0.2) is 0 Å². The Kier molecular flexibility index (Phi) is 5.27. The van der Waals surface area contributed by atoms with E-state index in [2.05, 4.69) is 5.10 Å². The average molecular weight is 448 g/mol. The molecule has 1 N–H and O–H groups in total. The van der Waals surface area contributed by atoms with Gasteiger partial charge < -0.3 is 9.84 Å². The van der Waals surface area contributed by atoms with Crippen LogP contribution in [-0.2, 0) is 16.1 Å². The molecule has 1 aromatic heterocycles. The molecular formula is C24H27F3N2O3. The quantitative estimate of drug-likeness (QED) is 0.694. The zero-order valence-corrected chi connectivity index (χ0v) is 18.4. The predicted molar refractivity (Wildman–Crippen MR) is 113 cm³/mol. The number of hydrogen-bond acceptors (Lipinski definition) is 4. The first kappa shape index (κ1) is 22.6. The lowest BCUT2D eigenvalue weighted by molar-refractivity contribution is -0.279. The van der Waals surface area contributed by atoms with Crippen molar-refractivity contribution in [2.45, 2.75) is 51.6 Å². The second-order valence-corrected chi connectivity index (χ2v) is 9.77. The van der Waals surface area contributed by atoms with Crippen LogP contribution in [0.5, 0.6) is 0 Å². The lowest BCUT2D eigenvalue weighted by Gasteiger charge is -2.37. The molecule has 0 aromatic carbocycles. The van der Waals surface area contributed by atoms with Crippen LogP contribution in [0, 0.1) is 23.7 Å². The monoisotopic (exact) mass is 448 g/mol. The molecule has 5 unspecified atom stereocenters. The minimum Gasteiger partial charge on any atom is -0.459 e. The first-order valence-electron chi connectivity index (χ1n) is 10.6. The summed E-state index contributed by atoms with van der Waals surface area (Å²) < 4.78 is 49.3. The predicted octanol–water partition coefficient (Wildman–Crippen LogP) is 4.47. The number of aromatic nitrogens is 2. The van der Waals surface area contributed by atoms with Gasteiger partial charge in [-0.05, 0) is 39.2 Å². The summed E-state index contributed by atoms with van der Waals surface area (Å²) in [6, 6.07) is 0. The van der Waals surface area contributed by atoms with Crippen LogP contribution >= 0.6 is 0 Å². The summed E-state index contributed by atoms with van der Waals surface area (Å²) in [7, 11) is 0. The van der Waals surface area contributed by atoms with E-state index in [0.29, 0.717) is 16.7 Å².